The zero-order chi connectivity index (χ0) is 13.2. The zero-order valence-electron chi connectivity index (χ0n) is 9.88. The number of hydrogen-bond donors (Lipinski definition) is 0. The Kier molecular flexibility index (Phi) is 3.93. The van der Waals surface area contributed by atoms with E-state index in [0.717, 1.165) is 0 Å². The van der Waals surface area contributed by atoms with Crippen molar-refractivity contribution in [3.05, 3.63) is 35.4 Å². The topological polar surface area (TPSA) is 20.3 Å². The molecule has 1 aromatic carbocycles. The highest BCUT2D eigenvalue weighted by molar-refractivity contribution is 6.00. The second kappa shape index (κ2) is 4.87. The Morgan fingerprint density at radius 3 is 2.35 bits per heavy atom. The van der Waals surface area contributed by atoms with Crippen LogP contribution in [-0.4, -0.2) is 31.0 Å². The molecule has 94 valence electrons. The molecule has 0 aliphatic carbocycles. The van der Waals surface area contributed by atoms with Gasteiger partial charge < -0.3 is 4.90 Å². The highest BCUT2D eigenvalue weighted by atomic mass is 19.4. The van der Waals surface area contributed by atoms with Crippen molar-refractivity contribution in [3.8, 4) is 0 Å². The smallest absolute Gasteiger partial charge is 0.303 e. The Labute approximate surface area is 98.0 Å². The Hall–Kier alpha value is -1.36. The van der Waals surface area contributed by atoms with Crippen molar-refractivity contribution in [2.75, 3.05) is 14.1 Å². The van der Waals surface area contributed by atoms with Crippen LogP contribution in [0.25, 0.3) is 0 Å². The van der Waals surface area contributed by atoms with Crippen molar-refractivity contribution in [2.45, 2.75) is 19.1 Å². The molecule has 1 unspecified atom stereocenters. The Balaban J connectivity index is 3.06. The molecule has 0 aliphatic heterocycles. The minimum absolute atomic E-state index is 0.0454. The monoisotopic (exact) mass is 245 g/mol. The predicted octanol–water partition coefficient (Wildman–Crippen LogP) is 3.05. The van der Waals surface area contributed by atoms with Crippen LogP contribution in [0, 0.1) is 0 Å². The molecule has 0 heterocycles. The molecular formula is C12H14F3NO. The molecule has 2 nitrogen and oxygen atoms in total. The molecule has 1 atom stereocenters. The van der Waals surface area contributed by atoms with E-state index in [9.17, 15) is 18.0 Å². The first-order chi connectivity index (χ1) is 7.73. The number of alkyl halides is 3. The first-order valence-corrected chi connectivity index (χ1v) is 5.11. The number of carbonyl (C=O) groups excluding carboxylic acids is 1. The molecule has 0 saturated carbocycles. The molecule has 0 spiro atoms. The summed E-state index contributed by atoms with van der Waals surface area (Å²) in [5.74, 6) is -1.80. The number of carbonyl (C=O) groups is 1. The summed E-state index contributed by atoms with van der Waals surface area (Å²) >= 11 is 0. The number of nitrogens with zero attached hydrogens (tertiary/aromatic N) is 1. The fourth-order valence-corrected chi connectivity index (χ4v) is 1.40. The minimum Gasteiger partial charge on any atom is -0.303 e. The number of Topliss-reactive ketones (excluding diaryl/α,β-unsaturated/α-hetero) is 1. The van der Waals surface area contributed by atoms with E-state index in [4.69, 9.17) is 0 Å². The van der Waals surface area contributed by atoms with E-state index in [1.54, 1.807) is 6.07 Å². The number of ketones is 1. The number of benzene rings is 1. The summed E-state index contributed by atoms with van der Waals surface area (Å²) in [7, 11) is 3.64. The third-order valence-corrected chi connectivity index (χ3v) is 2.66. The van der Waals surface area contributed by atoms with Crippen LogP contribution in [0.5, 0.6) is 0 Å². The molecule has 0 radical (unpaired) electrons. The molecule has 0 fully saturated rings. The van der Waals surface area contributed by atoms with Crippen LogP contribution >= 0.6 is 0 Å². The van der Waals surface area contributed by atoms with E-state index < -0.39 is 12.0 Å². The van der Waals surface area contributed by atoms with Gasteiger partial charge in [0.15, 0.2) is 0 Å². The summed E-state index contributed by atoms with van der Waals surface area (Å²) in [6.07, 6.45) is -4.82. The van der Waals surface area contributed by atoms with Crippen LogP contribution in [0.1, 0.15) is 28.9 Å². The first kappa shape index (κ1) is 13.7. The standard InChI is InChI=1S/C12H14F3NO/c1-8(16(2)3)9-5-4-6-10(7-9)11(17)12(13,14)15/h4-8H,1-3H3. The minimum atomic E-state index is -4.82. The van der Waals surface area contributed by atoms with E-state index in [1.165, 1.54) is 18.2 Å². The van der Waals surface area contributed by atoms with E-state index >= 15 is 0 Å². The summed E-state index contributed by atoms with van der Waals surface area (Å²) < 4.78 is 36.8. The summed E-state index contributed by atoms with van der Waals surface area (Å²) in [6.45, 7) is 1.86. The molecule has 0 N–H and O–H groups in total. The van der Waals surface area contributed by atoms with Gasteiger partial charge in [-0.25, -0.2) is 0 Å². The maximum atomic E-state index is 12.3. The van der Waals surface area contributed by atoms with Gasteiger partial charge in [-0.05, 0) is 32.6 Å². The van der Waals surface area contributed by atoms with Crippen molar-refractivity contribution in [3.63, 3.8) is 0 Å². The molecule has 0 amide bonds. The Morgan fingerprint density at radius 2 is 1.88 bits per heavy atom. The number of hydrogen-bond acceptors (Lipinski definition) is 2. The van der Waals surface area contributed by atoms with Gasteiger partial charge in [0, 0.05) is 11.6 Å². The van der Waals surface area contributed by atoms with Crippen LogP contribution in [0.4, 0.5) is 13.2 Å². The van der Waals surface area contributed by atoms with E-state index in [0.29, 0.717) is 5.56 Å². The molecule has 0 aliphatic rings. The Bertz CT molecular complexity index is 412. The van der Waals surface area contributed by atoms with Crippen LogP contribution in [0.15, 0.2) is 24.3 Å². The average molecular weight is 245 g/mol. The average Bonchev–Trinajstić information content (AvgIpc) is 2.25. The van der Waals surface area contributed by atoms with Gasteiger partial charge in [0.05, 0.1) is 0 Å². The highest BCUT2D eigenvalue weighted by Gasteiger charge is 2.39. The van der Waals surface area contributed by atoms with Crippen LogP contribution in [0.3, 0.4) is 0 Å². The van der Waals surface area contributed by atoms with Gasteiger partial charge in [-0.1, -0.05) is 18.2 Å². The summed E-state index contributed by atoms with van der Waals surface area (Å²) in [4.78, 5) is 12.9. The molecule has 0 aromatic heterocycles. The molecule has 5 heteroatoms. The van der Waals surface area contributed by atoms with Crippen molar-refractivity contribution in [2.24, 2.45) is 0 Å². The predicted molar refractivity (Wildman–Crippen MR) is 58.9 cm³/mol. The zero-order valence-corrected chi connectivity index (χ0v) is 9.88. The van der Waals surface area contributed by atoms with Crippen LogP contribution < -0.4 is 0 Å². The maximum Gasteiger partial charge on any atom is 0.454 e. The molecule has 0 saturated heterocycles. The largest absolute Gasteiger partial charge is 0.454 e. The lowest BCUT2D eigenvalue weighted by Crippen LogP contribution is -2.23. The molecule has 1 rings (SSSR count). The van der Waals surface area contributed by atoms with Crippen molar-refractivity contribution in [1.82, 2.24) is 4.90 Å². The van der Waals surface area contributed by atoms with Gasteiger partial charge in [0.1, 0.15) is 0 Å². The number of halogens is 3. The number of rotatable bonds is 3. The van der Waals surface area contributed by atoms with Gasteiger partial charge in [-0.2, -0.15) is 13.2 Å². The van der Waals surface area contributed by atoms with Gasteiger partial charge in [0.2, 0.25) is 0 Å². The maximum absolute atomic E-state index is 12.3. The quantitative estimate of drug-likeness (QED) is 0.763. The lowest BCUT2D eigenvalue weighted by Gasteiger charge is -2.20. The van der Waals surface area contributed by atoms with E-state index in [2.05, 4.69) is 0 Å². The fourth-order valence-electron chi connectivity index (χ4n) is 1.40. The van der Waals surface area contributed by atoms with Gasteiger partial charge >= 0.3 is 6.18 Å². The molecule has 0 bridgehead atoms. The van der Waals surface area contributed by atoms with Crippen LogP contribution in [-0.2, 0) is 0 Å². The fraction of sp³-hybridized carbons (Fsp3) is 0.417. The van der Waals surface area contributed by atoms with Gasteiger partial charge in [0.25, 0.3) is 5.78 Å². The van der Waals surface area contributed by atoms with Gasteiger partial charge in [-0.3, -0.25) is 4.79 Å². The van der Waals surface area contributed by atoms with Gasteiger partial charge in [-0.15, -0.1) is 0 Å². The van der Waals surface area contributed by atoms with E-state index in [1.807, 2.05) is 25.9 Å². The third-order valence-electron chi connectivity index (χ3n) is 2.66. The van der Waals surface area contributed by atoms with Crippen LogP contribution in [0.2, 0.25) is 0 Å². The SMILES string of the molecule is CC(c1cccc(C(=O)C(F)(F)F)c1)N(C)C. The Morgan fingerprint density at radius 1 is 1.29 bits per heavy atom. The highest BCUT2D eigenvalue weighted by Crippen LogP contribution is 2.24. The molecule has 1 aromatic rings. The van der Waals surface area contributed by atoms with Crippen molar-refractivity contribution in [1.29, 1.82) is 0 Å². The van der Waals surface area contributed by atoms with Crippen molar-refractivity contribution < 1.29 is 18.0 Å². The lowest BCUT2D eigenvalue weighted by atomic mass is 10.0. The van der Waals surface area contributed by atoms with Crippen molar-refractivity contribution >= 4 is 5.78 Å². The summed E-state index contributed by atoms with van der Waals surface area (Å²) in [5, 5.41) is 0. The summed E-state index contributed by atoms with van der Waals surface area (Å²) in [6, 6.07) is 5.60. The molecular weight excluding hydrogens is 231 g/mol. The van der Waals surface area contributed by atoms with E-state index in [-0.39, 0.29) is 11.6 Å². The second-order valence-electron chi connectivity index (χ2n) is 4.09. The molecule has 17 heavy (non-hydrogen) atoms. The second-order valence-corrected chi connectivity index (χ2v) is 4.09. The normalized spacial score (nSPS) is 13.8. The first-order valence-electron chi connectivity index (χ1n) is 5.11. The lowest BCUT2D eigenvalue weighted by molar-refractivity contribution is -0.0885. The summed E-state index contributed by atoms with van der Waals surface area (Å²) in [5.41, 5.74) is 0.369. The third kappa shape index (κ3) is 3.30.